The van der Waals surface area contributed by atoms with Crippen LogP contribution in [-0.4, -0.2) is 19.6 Å². The molecular weight excluding hydrogens is 258 g/mol. The molecule has 2 aromatic heterocycles. The van der Waals surface area contributed by atoms with Gasteiger partial charge in [0.2, 0.25) is 0 Å². The Hall–Kier alpha value is -1.72. The van der Waals surface area contributed by atoms with Gasteiger partial charge in [-0.1, -0.05) is 12.1 Å². The van der Waals surface area contributed by atoms with E-state index in [2.05, 4.69) is 9.97 Å². The van der Waals surface area contributed by atoms with E-state index in [1.807, 2.05) is 41.1 Å². The van der Waals surface area contributed by atoms with E-state index in [1.54, 1.807) is 18.3 Å². The van der Waals surface area contributed by atoms with Crippen LogP contribution in [-0.2, 0) is 6.54 Å². The highest BCUT2D eigenvalue weighted by molar-refractivity contribution is 7.09. The molecule has 0 bridgehead atoms. The van der Waals surface area contributed by atoms with E-state index >= 15 is 0 Å². The Morgan fingerprint density at radius 2 is 2.11 bits per heavy atom. The number of rotatable bonds is 3. The maximum absolute atomic E-state index is 9.89. The number of benzene rings is 1. The smallest absolute Gasteiger partial charge is 0.138 e. The largest absolute Gasteiger partial charge is 0.385 e. The average Bonchev–Trinajstić information content (AvgIpc) is 2.95. The summed E-state index contributed by atoms with van der Waals surface area (Å²) in [6.45, 7) is 4.38. The summed E-state index contributed by atoms with van der Waals surface area (Å²) in [6.07, 6.45) is -0.589. The summed E-state index contributed by atoms with van der Waals surface area (Å²) in [4.78, 5) is 8.99. The van der Waals surface area contributed by atoms with Crippen LogP contribution in [0.3, 0.4) is 0 Å². The van der Waals surface area contributed by atoms with Crippen LogP contribution >= 0.6 is 11.3 Å². The second kappa shape index (κ2) is 4.75. The second-order valence-electron chi connectivity index (χ2n) is 4.60. The summed E-state index contributed by atoms with van der Waals surface area (Å²) in [6, 6.07) is 7.93. The molecule has 0 amide bonds. The monoisotopic (exact) mass is 273 g/mol. The lowest BCUT2D eigenvalue weighted by Gasteiger charge is -2.09. The van der Waals surface area contributed by atoms with E-state index in [0.29, 0.717) is 12.4 Å². The number of fused-ring (bicyclic) bond motifs is 1. The molecule has 1 atom stereocenters. The normalized spacial score (nSPS) is 13.0. The molecule has 0 radical (unpaired) electrons. The molecule has 19 heavy (non-hydrogen) atoms. The van der Waals surface area contributed by atoms with Crippen molar-refractivity contribution in [2.24, 2.45) is 0 Å². The van der Waals surface area contributed by atoms with Crippen LogP contribution in [0.2, 0.25) is 0 Å². The third-order valence-electron chi connectivity index (χ3n) is 3.02. The molecule has 0 unspecified atom stereocenters. The van der Waals surface area contributed by atoms with Gasteiger partial charge >= 0.3 is 0 Å². The third kappa shape index (κ3) is 2.27. The summed E-state index contributed by atoms with van der Waals surface area (Å²) in [5.41, 5.74) is 2.97. The highest BCUT2D eigenvalue weighted by Gasteiger charge is 2.15. The maximum Gasteiger partial charge on any atom is 0.138 e. The molecule has 3 rings (SSSR count). The van der Waals surface area contributed by atoms with Crippen LogP contribution in [0.1, 0.15) is 29.6 Å². The van der Waals surface area contributed by atoms with E-state index < -0.39 is 6.10 Å². The zero-order valence-corrected chi connectivity index (χ0v) is 11.7. The number of hydrogen-bond donors (Lipinski definition) is 1. The van der Waals surface area contributed by atoms with Gasteiger partial charge in [0, 0.05) is 11.1 Å². The van der Waals surface area contributed by atoms with Gasteiger partial charge in [0.15, 0.2) is 0 Å². The highest BCUT2D eigenvalue weighted by Crippen LogP contribution is 2.22. The SMILES string of the molecule is Cc1csc(Cn2c([C@H](C)O)nc3ccccc32)n1. The number of imidazole rings is 1. The first-order valence-electron chi connectivity index (χ1n) is 6.19. The van der Waals surface area contributed by atoms with Gasteiger partial charge < -0.3 is 9.67 Å². The lowest BCUT2D eigenvalue weighted by molar-refractivity contribution is 0.185. The summed E-state index contributed by atoms with van der Waals surface area (Å²) >= 11 is 1.64. The van der Waals surface area contributed by atoms with E-state index in [1.165, 1.54) is 0 Å². The van der Waals surface area contributed by atoms with Crippen molar-refractivity contribution in [3.8, 4) is 0 Å². The van der Waals surface area contributed by atoms with Crippen molar-refractivity contribution >= 4 is 22.4 Å². The number of aliphatic hydroxyl groups is 1. The number of aryl methyl sites for hydroxylation is 1. The molecule has 5 heteroatoms. The highest BCUT2D eigenvalue weighted by atomic mass is 32.1. The van der Waals surface area contributed by atoms with Crippen molar-refractivity contribution in [1.29, 1.82) is 0 Å². The molecule has 3 aromatic rings. The van der Waals surface area contributed by atoms with Gasteiger partial charge in [0.1, 0.15) is 16.9 Å². The minimum atomic E-state index is -0.589. The van der Waals surface area contributed by atoms with Crippen LogP contribution in [0.4, 0.5) is 0 Å². The molecule has 98 valence electrons. The van der Waals surface area contributed by atoms with Crippen LogP contribution < -0.4 is 0 Å². The second-order valence-corrected chi connectivity index (χ2v) is 5.55. The third-order valence-corrected chi connectivity index (χ3v) is 3.97. The number of aromatic nitrogens is 3. The Morgan fingerprint density at radius 3 is 2.79 bits per heavy atom. The summed E-state index contributed by atoms with van der Waals surface area (Å²) < 4.78 is 2.04. The number of nitrogens with zero attached hydrogens (tertiary/aromatic N) is 3. The molecular formula is C14H15N3OS. The molecule has 0 fully saturated rings. The number of para-hydroxylation sites is 2. The van der Waals surface area contributed by atoms with Gasteiger partial charge in [-0.05, 0) is 26.0 Å². The first kappa shape index (κ1) is 12.3. The Balaban J connectivity index is 2.12. The molecule has 0 aliphatic heterocycles. The van der Waals surface area contributed by atoms with Crippen LogP contribution in [0.5, 0.6) is 0 Å². The van der Waals surface area contributed by atoms with E-state index in [-0.39, 0.29) is 0 Å². The average molecular weight is 273 g/mol. The molecule has 0 saturated heterocycles. The summed E-state index contributed by atoms with van der Waals surface area (Å²) in [7, 11) is 0. The number of hydrogen-bond acceptors (Lipinski definition) is 4. The van der Waals surface area contributed by atoms with Crippen molar-refractivity contribution in [1.82, 2.24) is 14.5 Å². The van der Waals surface area contributed by atoms with Crippen molar-refractivity contribution in [2.75, 3.05) is 0 Å². The van der Waals surface area contributed by atoms with Crippen LogP contribution in [0.15, 0.2) is 29.6 Å². The number of thiazole rings is 1. The van der Waals surface area contributed by atoms with E-state index in [4.69, 9.17) is 0 Å². The maximum atomic E-state index is 9.89. The lowest BCUT2D eigenvalue weighted by Crippen LogP contribution is -2.07. The Kier molecular flexibility index (Phi) is 3.08. The molecule has 4 nitrogen and oxygen atoms in total. The van der Waals surface area contributed by atoms with Crippen molar-refractivity contribution < 1.29 is 5.11 Å². The molecule has 1 aromatic carbocycles. The molecule has 1 N–H and O–H groups in total. The van der Waals surface area contributed by atoms with E-state index in [9.17, 15) is 5.11 Å². The molecule has 2 heterocycles. The molecule has 0 aliphatic carbocycles. The van der Waals surface area contributed by atoms with Gasteiger partial charge in [-0.3, -0.25) is 0 Å². The van der Waals surface area contributed by atoms with Crippen molar-refractivity contribution in [3.05, 3.63) is 46.2 Å². The van der Waals surface area contributed by atoms with Gasteiger partial charge in [-0.15, -0.1) is 11.3 Å². The fourth-order valence-corrected chi connectivity index (χ4v) is 2.95. The van der Waals surface area contributed by atoms with Crippen LogP contribution in [0, 0.1) is 6.92 Å². The molecule has 0 aliphatic rings. The lowest BCUT2D eigenvalue weighted by atomic mass is 10.3. The fourth-order valence-electron chi connectivity index (χ4n) is 2.19. The fraction of sp³-hybridized carbons (Fsp3) is 0.286. The molecule has 0 saturated carbocycles. The van der Waals surface area contributed by atoms with Gasteiger partial charge in [0.05, 0.1) is 17.6 Å². The first-order valence-corrected chi connectivity index (χ1v) is 7.07. The summed E-state index contributed by atoms with van der Waals surface area (Å²) in [5.74, 6) is 0.689. The van der Waals surface area contributed by atoms with Gasteiger partial charge in [-0.2, -0.15) is 0 Å². The predicted molar refractivity (Wildman–Crippen MR) is 76.3 cm³/mol. The minimum absolute atomic E-state index is 0.589. The van der Waals surface area contributed by atoms with Crippen molar-refractivity contribution in [2.45, 2.75) is 26.5 Å². The zero-order valence-electron chi connectivity index (χ0n) is 10.9. The quantitative estimate of drug-likeness (QED) is 0.798. The van der Waals surface area contributed by atoms with Crippen LogP contribution in [0.25, 0.3) is 11.0 Å². The number of aliphatic hydroxyl groups excluding tert-OH is 1. The zero-order chi connectivity index (χ0) is 13.4. The first-order chi connectivity index (χ1) is 9.15. The molecule has 0 spiro atoms. The van der Waals surface area contributed by atoms with Gasteiger partial charge in [-0.25, -0.2) is 9.97 Å². The minimum Gasteiger partial charge on any atom is -0.385 e. The topological polar surface area (TPSA) is 50.9 Å². The Labute approximate surface area is 115 Å². The Morgan fingerprint density at radius 1 is 1.32 bits per heavy atom. The predicted octanol–water partition coefficient (Wildman–Crippen LogP) is 2.90. The Bertz CT molecular complexity index is 714. The van der Waals surface area contributed by atoms with E-state index in [0.717, 1.165) is 21.7 Å². The van der Waals surface area contributed by atoms with Gasteiger partial charge in [0.25, 0.3) is 0 Å². The van der Waals surface area contributed by atoms with Crippen molar-refractivity contribution in [3.63, 3.8) is 0 Å². The standard InChI is InChI=1S/C14H15N3OS/c1-9-8-19-13(15-9)7-17-12-6-4-3-5-11(12)16-14(17)10(2)18/h3-6,8,10,18H,7H2,1-2H3/t10-/m0/s1. The summed E-state index contributed by atoms with van der Waals surface area (Å²) in [5, 5.41) is 13.0.